The Balaban J connectivity index is 1.68. The Bertz CT molecular complexity index is 1000. The minimum Gasteiger partial charge on any atom is -0.383 e. The van der Waals surface area contributed by atoms with E-state index in [1.165, 1.54) is 35.2 Å². The molecule has 0 radical (unpaired) electrons. The zero-order valence-electron chi connectivity index (χ0n) is 16.1. The van der Waals surface area contributed by atoms with Gasteiger partial charge in [-0.1, -0.05) is 11.3 Å². The fourth-order valence-corrected chi connectivity index (χ4v) is 5.40. The molecule has 8 nitrogen and oxygen atoms in total. The van der Waals surface area contributed by atoms with E-state index in [-0.39, 0.29) is 0 Å². The van der Waals surface area contributed by atoms with Crippen LogP contribution in [0.5, 0.6) is 0 Å². The minimum absolute atomic E-state index is 0.624. The van der Waals surface area contributed by atoms with Crippen molar-refractivity contribution >= 4 is 43.4 Å². The highest BCUT2D eigenvalue weighted by Gasteiger charge is 2.30. The lowest BCUT2D eigenvalue weighted by Gasteiger charge is -2.25. The van der Waals surface area contributed by atoms with Crippen molar-refractivity contribution < 1.29 is 14.5 Å². The van der Waals surface area contributed by atoms with E-state index < -0.39 is 0 Å². The van der Waals surface area contributed by atoms with Gasteiger partial charge in [0.1, 0.15) is 23.3 Å². The molecule has 28 heavy (non-hydrogen) atoms. The summed E-state index contributed by atoms with van der Waals surface area (Å²) >= 11 is 1.72. The van der Waals surface area contributed by atoms with E-state index in [9.17, 15) is 0 Å². The summed E-state index contributed by atoms with van der Waals surface area (Å²) in [7, 11) is 1.70. The highest BCUT2D eigenvalue weighted by Crippen LogP contribution is 2.40. The molecule has 0 aromatic carbocycles. The van der Waals surface area contributed by atoms with Crippen LogP contribution in [-0.4, -0.2) is 62.0 Å². The van der Waals surface area contributed by atoms with Crippen LogP contribution < -0.4 is 15.2 Å². The highest BCUT2D eigenvalue weighted by molar-refractivity contribution is 7.25. The summed E-state index contributed by atoms with van der Waals surface area (Å²) in [6.07, 6.45) is 4.68. The average molecular weight is 402 g/mol. The third-order valence-electron chi connectivity index (χ3n) is 5.60. The first-order chi connectivity index (χ1) is 13.9. The third kappa shape index (κ3) is 3.07. The van der Waals surface area contributed by atoms with Gasteiger partial charge in [-0.05, 0) is 36.5 Å². The molecule has 4 heterocycles. The molecule has 0 atom stereocenters. The van der Waals surface area contributed by atoms with E-state index in [2.05, 4.69) is 30.6 Å². The number of ether oxygens (including phenoxy) is 2. The number of aryl methyl sites for hydroxylation is 1. The molecule has 1 aliphatic carbocycles. The van der Waals surface area contributed by atoms with Crippen LogP contribution in [0.25, 0.3) is 20.4 Å². The number of morpholine rings is 1. The predicted molar refractivity (Wildman–Crippen MR) is 109 cm³/mol. The number of fused-ring (bicyclic) bond motifs is 5. The van der Waals surface area contributed by atoms with Crippen molar-refractivity contribution in [1.29, 1.82) is 0 Å². The van der Waals surface area contributed by atoms with Gasteiger partial charge in [-0.2, -0.15) is 0 Å². The van der Waals surface area contributed by atoms with Gasteiger partial charge >= 0.3 is 0 Å². The first kappa shape index (κ1) is 18.0. The summed E-state index contributed by atoms with van der Waals surface area (Å²) in [5, 5.41) is 17.3. The molecule has 3 aromatic heterocycles. The van der Waals surface area contributed by atoms with Crippen LogP contribution in [-0.2, 0) is 22.3 Å². The number of H-pyrrole nitrogens is 1. The van der Waals surface area contributed by atoms with Crippen LogP contribution in [0.3, 0.4) is 0 Å². The summed E-state index contributed by atoms with van der Waals surface area (Å²) in [5.41, 5.74) is 3.85. The maximum Gasteiger partial charge on any atom is 0.279 e. The molecule has 148 valence electrons. The van der Waals surface area contributed by atoms with Crippen LogP contribution in [0.2, 0.25) is 0 Å². The molecule has 2 N–H and O–H groups in total. The average Bonchev–Trinajstić information content (AvgIpc) is 3.14. The van der Waals surface area contributed by atoms with Crippen LogP contribution in [0.1, 0.15) is 24.0 Å². The van der Waals surface area contributed by atoms with Crippen molar-refractivity contribution in [2.24, 2.45) is 0 Å². The normalized spacial score (nSPS) is 17.2. The molecule has 1 saturated heterocycles. The fourth-order valence-electron chi connectivity index (χ4n) is 4.27. The molecule has 1 aliphatic heterocycles. The Morgan fingerprint density at radius 3 is 2.82 bits per heavy atom. The van der Waals surface area contributed by atoms with Crippen LogP contribution >= 0.6 is 11.3 Å². The zero-order valence-corrected chi connectivity index (χ0v) is 16.9. The number of anilines is 2. The number of thiophene rings is 1. The molecule has 1 fully saturated rings. The van der Waals surface area contributed by atoms with Crippen molar-refractivity contribution in [3.63, 3.8) is 0 Å². The summed E-state index contributed by atoms with van der Waals surface area (Å²) in [6, 6.07) is 0. The van der Waals surface area contributed by atoms with E-state index >= 15 is 0 Å². The second kappa shape index (κ2) is 7.73. The number of nitrogens with one attached hydrogen (secondary N) is 2. The molecule has 9 heteroatoms. The Morgan fingerprint density at radius 2 is 2.00 bits per heavy atom. The Morgan fingerprint density at radius 1 is 1.18 bits per heavy atom. The standard InChI is InChI=1S/C19H24N6O2S/c1-26-9-6-20-17-16-15(22-24-23-17)14-12-4-2-3-5-13(12)18(21-19(14)28-16)25-7-10-27-11-8-25/h2-11H2,1H3,(H,20,22,23)/p+1. The van der Waals surface area contributed by atoms with E-state index in [4.69, 9.17) is 9.47 Å². The second-order valence-corrected chi connectivity index (χ2v) is 8.30. The number of pyridine rings is 1. The maximum absolute atomic E-state index is 5.57. The molecule has 0 spiro atoms. The largest absolute Gasteiger partial charge is 0.383 e. The number of hydrogen-bond acceptors (Lipinski definition) is 8. The van der Waals surface area contributed by atoms with E-state index in [0.717, 1.165) is 60.0 Å². The molecule has 2 aliphatic rings. The molecule has 5 rings (SSSR count). The quantitative estimate of drug-likeness (QED) is 0.653. The summed E-state index contributed by atoms with van der Waals surface area (Å²) in [5.74, 6) is 2.06. The highest BCUT2D eigenvalue weighted by atomic mass is 32.1. The molecule has 3 aromatic rings. The van der Waals surface area contributed by atoms with Gasteiger partial charge in [0.05, 0.1) is 25.2 Å². The number of rotatable bonds is 5. The predicted octanol–water partition coefficient (Wildman–Crippen LogP) is 1.83. The lowest BCUT2D eigenvalue weighted by Crippen LogP contribution is -2.40. The third-order valence-corrected chi connectivity index (χ3v) is 6.70. The Hall–Kier alpha value is -2.10. The van der Waals surface area contributed by atoms with Crippen molar-refractivity contribution in [3.05, 3.63) is 11.1 Å². The van der Waals surface area contributed by atoms with Crippen LogP contribution in [0, 0.1) is 0 Å². The van der Waals surface area contributed by atoms with Gasteiger partial charge in [-0.3, -0.25) is 4.90 Å². The Labute approximate surface area is 167 Å². The topological polar surface area (TPSA) is 86.5 Å². The number of hydrogen-bond donors (Lipinski definition) is 1. The Kier molecular flexibility index (Phi) is 4.96. The van der Waals surface area contributed by atoms with Crippen molar-refractivity contribution in [3.8, 4) is 0 Å². The van der Waals surface area contributed by atoms with Gasteiger partial charge in [0, 0.05) is 19.2 Å². The van der Waals surface area contributed by atoms with Gasteiger partial charge in [-0.15, -0.1) is 10.2 Å². The molecule has 0 bridgehead atoms. The molecule has 0 unspecified atom stereocenters. The number of aromatic amines is 1. The summed E-state index contributed by atoms with van der Waals surface area (Å²) in [4.78, 5) is 7.35. The van der Waals surface area contributed by atoms with Crippen LogP contribution in [0.4, 0.5) is 11.6 Å². The van der Waals surface area contributed by atoms with Crippen molar-refractivity contribution in [1.82, 2.24) is 15.4 Å². The van der Waals surface area contributed by atoms with E-state index in [1.807, 2.05) is 0 Å². The summed E-state index contributed by atoms with van der Waals surface area (Å²) < 4.78 is 11.8. The lowest BCUT2D eigenvalue weighted by molar-refractivity contribution is -0.328. The SMILES string of the molecule is COCCNc1nnnc2c1sc1[nH+]c(N3CCOCC3)c3c(c12)CCCC3. The number of nitrogens with zero attached hydrogens (tertiary/aromatic N) is 4. The summed E-state index contributed by atoms with van der Waals surface area (Å²) in [6.45, 7) is 4.76. The van der Waals surface area contributed by atoms with Gasteiger partial charge in [0.2, 0.25) is 0 Å². The van der Waals surface area contributed by atoms with Crippen LogP contribution in [0.15, 0.2) is 0 Å². The smallest absolute Gasteiger partial charge is 0.279 e. The van der Waals surface area contributed by atoms with E-state index in [0.29, 0.717) is 13.2 Å². The van der Waals surface area contributed by atoms with Crippen molar-refractivity contribution in [2.75, 3.05) is 56.8 Å². The minimum atomic E-state index is 0.624. The molecule has 0 amide bonds. The zero-order chi connectivity index (χ0) is 18.9. The second-order valence-electron chi connectivity index (χ2n) is 7.28. The number of aromatic nitrogens is 4. The fraction of sp³-hybridized carbons (Fsp3) is 0.579. The van der Waals surface area contributed by atoms with Gasteiger partial charge in [-0.25, -0.2) is 4.98 Å². The first-order valence-electron chi connectivity index (χ1n) is 9.95. The number of methoxy groups -OCH3 is 1. The molecular formula is C19H25N6O2S+. The van der Waals surface area contributed by atoms with Gasteiger partial charge < -0.3 is 14.8 Å². The van der Waals surface area contributed by atoms with Gasteiger partial charge in [0.15, 0.2) is 10.6 Å². The maximum atomic E-state index is 5.57. The molecular weight excluding hydrogens is 376 g/mol. The first-order valence-corrected chi connectivity index (χ1v) is 10.8. The lowest BCUT2D eigenvalue weighted by atomic mass is 9.90. The van der Waals surface area contributed by atoms with E-state index in [1.54, 1.807) is 18.4 Å². The molecule has 0 saturated carbocycles. The van der Waals surface area contributed by atoms with Crippen molar-refractivity contribution in [2.45, 2.75) is 25.7 Å². The van der Waals surface area contributed by atoms with Gasteiger partial charge in [0.25, 0.3) is 5.82 Å². The monoisotopic (exact) mass is 401 g/mol.